The lowest BCUT2D eigenvalue weighted by Gasteiger charge is -2.23. The van der Waals surface area contributed by atoms with Gasteiger partial charge >= 0.3 is 0 Å². The third-order valence-electron chi connectivity index (χ3n) is 3.24. The Balaban J connectivity index is 2.66. The molecule has 0 N–H and O–H groups in total. The smallest absolute Gasteiger partial charge is 0.119 e. The molecule has 0 amide bonds. The average Bonchev–Trinajstić information content (AvgIpc) is 2.36. The average molecular weight is 231 g/mol. The largest absolute Gasteiger partial charge is 0.492 e. The monoisotopic (exact) mass is 231 g/mol. The third-order valence-corrected chi connectivity index (χ3v) is 3.24. The van der Waals surface area contributed by atoms with E-state index in [-0.39, 0.29) is 11.3 Å². The molecule has 1 rings (SSSR count). The second kappa shape index (κ2) is 5.72. The summed E-state index contributed by atoms with van der Waals surface area (Å²) in [5, 5.41) is 8.67. The highest BCUT2D eigenvalue weighted by atomic mass is 16.5. The second-order valence-electron chi connectivity index (χ2n) is 5.10. The van der Waals surface area contributed by atoms with Crippen LogP contribution < -0.4 is 4.74 Å². The van der Waals surface area contributed by atoms with E-state index in [4.69, 9.17) is 10.00 Å². The van der Waals surface area contributed by atoms with Crippen LogP contribution in [0.2, 0.25) is 0 Å². The minimum Gasteiger partial charge on any atom is -0.492 e. The molecule has 1 aromatic rings. The van der Waals surface area contributed by atoms with Gasteiger partial charge in [0.2, 0.25) is 0 Å². The first-order chi connectivity index (χ1) is 7.99. The van der Waals surface area contributed by atoms with Crippen molar-refractivity contribution in [2.45, 2.75) is 39.5 Å². The summed E-state index contributed by atoms with van der Waals surface area (Å²) < 4.78 is 5.54. The van der Waals surface area contributed by atoms with Gasteiger partial charge in [0.15, 0.2) is 0 Å². The Morgan fingerprint density at radius 2 is 1.88 bits per heavy atom. The zero-order valence-electron chi connectivity index (χ0n) is 11.2. The summed E-state index contributed by atoms with van der Waals surface area (Å²) in [5.41, 5.74) is 1.53. The van der Waals surface area contributed by atoms with Crippen molar-refractivity contribution in [3.05, 3.63) is 29.8 Å². The maximum Gasteiger partial charge on any atom is 0.119 e. The zero-order chi connectivity index (χ0) is 12.9. The molecule has 0 spiro atoms. The van der Waals surface area contributed by atoms with Gasteiger partial charge in [-0.15, -0.1) is 0 Å². The van der Waals surface area contributed by atoms with Gasteiger partial charge < -0.3 is 4.74 Å². The number of hydrogen-bond acceptors (Lipinski definition) is 2. The molecule has 92 valence electrons. The molecule has 1 unspecified atom stereocenters. The van der Waals surface area contributed by atoms with E-state index in [2.05, 4.69) is 39.0 Å². The first-order valence-electron chi connectivity index (χ1n) is 6.12. The summed E-state index contributed by atoms with van der Waals surface area (Å²) in [7, 11) is 0. The fraction of sp³-hybridized carbons (Fsp3) is 0.533. The van der Waals surface area contributed by atoms with Crippen LogP contribution in [0.25, 0.3) is 0 Å². The van der Waals surface area contributed by atoms with Gasteiger partial charge in [-0.2, -0.15) is 5.26 Å². The predicted molar refractivity (Wildman–Crippen MR) is 70.0 cm³/mol. The van der Waals surface area contributed by atoms with Crippen LogP contribution >= 0.6 is 0 Å². The molecule has 0 aliphatic heterocycles. The van der Waals surface area contributed by atoms with Crippen LogP contribution in [0, 0.1) is 17.2 Å². The number of nitrogens with zero attached hydrogens (tertiary/aromatic N) is 1. The van der Waals surface area contributed by atoms with Crippen molar-refractivity contribution >= 4 is 0 Å². The molecule has 0 radical (unpaired) electrons. The molecule has 2 nitrogen and oxygen atoms in total. The van der Waals surface area contributed by atoms with Crippen molar-refractivity contribution in [3.8, 4) is 11.8 Å². The number of nitriles is 1. The fourth-order valence-corrected chi connectivity index (χ4v) is 1.46. The molecule has 0 aliphatic rings. The van der Waals surface area contributed by atoms with E-state index in [9.17, 15) is 0 Å². The summed E-state index contributed by atoms with van der Waals surface area (Å²) in [6.07, 6.45) is 1.11. The van der Waals surface area contributed by atoms with Crippen molar-refractivity contribution in [3.63, 3.8) is 0 Å². The molecule has 17 heavy (non-hydrogen) atoms. The van der Waals surface area contributed by atoms with E-state index >= 15 is 0 Å². The summed E-state index contributed by atoms with van der Waals surface area (Å²) in [5.74, 6) is 0.768. The topological polar surface area (TPSA) is 33.0 Å². The highest BCUT2D eigenvalue weighted by Crippen LogP contribution is 2.28. The first kappa shape index (κ1) is 13.6. The maximum atomic E-state index is 8.67. The van der Waals surface area contributed by atoms with Crippen molar-refractivity contribution in [2.24, 2.45) is 5.92 Å². The number of rotatable bonds is 5. The lowest BCUT2D eigenvalue weighted by molar-refractivity contribution is 0.288. The van der Waals surface area contributed by atoms with Gasteiger partial charge in [-0.3, -0.25) is 0 Å². The van der Waals surface area contributed by atoms with Gasteiger partial charge in [0.1, 0.15) is 12.4 Å². The van der Waals surface area contributed by atoms with Crippen molar-refractivity contribution < 1.29 is 4.74 Å². The van der Waals surface area contributed by atoms with Gasteiger partial charge in [0, 0.05) is 0 Å². The number of hydrogen-bond donors (Lipinski definition) is 0. The fourth-order valence-electron chi connectivity index (χ4n) is 1.46. The zero-order valence-corrected chi connectivity index (χ0v) is 11.2. The first-order valence-corrected chi connectivity index (χ1v) is 6.12. The summed E-state index contributed by atoms with van der Waals surface area (Å²) in [4.78, 5) is 0. The SMILES string of the molecule is CCC(C)(C)c1ccc(OCC(C)C#N)cc1. The highest BCUT2D eigenvalue weighted by molar-refractivity contribution is 5.31. The Kier molecular flexibility index (Phi) is 4.57. The van der Waals surface area contributed by atoms with E-state index in [0.29, 0.717) is 6.61 Å². The van der Waals surface area contributed by atoms with E-state index in [1.807, 2.05) is 19.1 Å². The van der Waals surface area contributed by atoms with E-state index in [1.54, 1.807) is 0 Å². The normalized spacial score (nSPS) is 12.9. The van der Waals surface area contributed by atoms with Crippen molar-refractivity contribution in [2.75, 3.05) is 6.61 Å². The molecular weight excluding hydrogens is 210 g/mol. The minimum atomic E-state index is -0.0678. The van der Waals surface area contributed by atoms with Crippen LogP contribution in [0.1, 0.15) is 39.7 Å². The molecular formula is C15H21NO. The highest BCUT2D eigenvalue weighted by Gasteiger charge is 2.17. The van der Waals surface area contributed by atoms with E-state index < -0.39 is 0 Å². The summed E-state index contributed by atoms with van der Waals surface area (Å²) in [6.45, 7) is 8.97. The third kappa shape index (κ3) is 3.78. The maximum absolute atomic E-state index is 8.67. The molecule has 0 bridgehead atoms. The predicted octanol–water partition coefficient (Wildman–Crippen LogP) is 3.91. The molecule has 2 heteroatoms. The molecule has 1 atom stereocenters. The van der Waals surface area contributed by atoms with Gasteiger partial charge in [-0.25, -0.2) is 0 Å². The minimum absolute atomic E-state index is 0.0678. The van der Waals surface area contributed by atoms with E-state index in [0.717, 1.165) is 12.2 Å². The van der Waals surface area contributed by atoms with Crippen molar-refractivity contribution in [1.29, 1.82) is 5.26 Å². The molecule has 0 saturated carbocycles. The summed E-state index contributed by atoms with van der Waals surface area (Å²) >= 11 is 0. The Morgan fingerprint density at radius 3 is 2.35 bits per heavy atom. The second-order valence-corrected chi connectivity index (χ2v) is 5.10. The molecule has 0 aliphatic carbocycles. The van der Waals surface area contributed by atoms with Crippen LogP contribution in [0.3, 0.4) is 0 Å². The van der Waals surface area contributed by atoms with Crippen LogP contribution in [0.4, 0.5) is 0 Å². The molecule has 0 saturated heterocycles. The van der Waals surface area contributed by atoms with Gasteiger partial charge in [0.05, 0.1) is 12.0 Å². The van der Waals surface area contributed by atoms with Crippen LogP contribution in [0.5, 0.6) is 5.75 Å². The Hall–Kier alpha value is -1.49. The van der Waals surface area contributed by atoms with Gasteiger partial charge in [0.25, 0.3) is 0 Å². The van der Waals surface area contributed by atoms with Crippen molar-refractivity contribution in [1.82, 2.24) is 0 Å². The van der Waals surface area contributed by atoms with E-state index in [1.165, 1.54) is 5.56 Å². The van der Waals surface area contributed by atoms with Gasteiger partial charge in [-0.1, -0.05) is 32.9 Å². The Bertz CT molecular complexity index is 386. The molecule has 1 aromatic carbocycles. The lowest BCUT2D eigenvalue weighted by Crippen LogP contribution is -2.15. The van der Waals surface area contributed by atoms with Gasteiger partial charge in [-0.05, 0) is 36.5 Å². The van der Waals surface area contributed by atoms with Crippen LogP contribution in [0.15, 0.2) is 24.3 Å². The molecule has 0 fully saturated rings. The lowest BCUT2D eigenvalue weighted by atomic mass is 9.82. The Morgan fingerprint density at radius 1 is 1.29 bits per heavy atom. The molecule has 0 aromatic heterocycles. The quantitative estimate of drug-likeness (QED) is 0.769. The standard InChI is InChI=1S/C15H21NO/c1-5-15(3,4)13-6-8-14(9-7-13)17-11-12(2)10-16/h6-9,12H,5,11H2,1-4H3. The molecule has 0 heterocycles. The van der Waals surface area contributed by atoms with Crippen LogP contribution in [-0.2, 0) is 5.41 Å². The summed E-state index contributed by atoms with van der Waals surface area (Å²) in [6, 6.07) is 10.3. The van der Waals surface area contributed by atoms with Crippen LogP contribution in [-0.4, -0.2) is 6.61 Å². The Labute approximate surface area is 104 Å². The number of benzene rings is 1. The number of ether oxygens (including phenoxy) is 1.